The molecule has 7 nitrogen and oxygen atoms in total. The van der Waals surface area contributed by atoms with Gasteiger partial charge in [0.05, 0.1) is 11.0 Å². The number of nitrogens with zero attached hydrogens (tertiary/aromatic N) is 4. The van der Waals surface area contributed by atoms with Crippen LogP contribution in [0.5, 0.6) is 0 Å². The van der Waals surface area contributed by atoms with Crippen molar-refractivity contribution in [2.75, 3.05) is 11.9 Å². The molecular weight excluding hydrogens is 406 g/mol. The van der Waals surface area contributed by atoms with E-state index in [4.69, 9.17) is 0 Å². The maximum absolute atomic E-state index is 4.61. The standard InChI is InChI=1S/C23H21N7S/c1-2-5-18-17(4-1)27-22(28-18)10-11-24-14-16-8-9-20(26-15-16)30-21-7-3-6-19(29-21)23-25-12-13-31-23/h1-9,12-13,15,24H,10-11,14H2,(H,27,28)(H,26,29,30). The van der Waals surface area contributed by atoms with E-state index in [1.165, 1.54) is 0 Å². The van der Waals surface area contributed by atoms with E-state index in [1.54, 1.807) is 17.5 Å². The summed E-state index contributed by atoms with van der Waals surface area (Å²) in [5.41, 5.74) is 4.07. The van der Waals surface area contributed by atoms with Crippen LogP contribution in [-0.2, 0) is 13.0 Å². The zero-order valence-electron chi connectivity index (χ0n) is 16.7. The van der Waals surface area contributed by atoms with E-state index in [2.05, 4.69) is 41.6 Å². The van der Waals surface area contributed by atoms with Crippen LogP contribution in [0.2, 0.25) is 0 Å². The summed E-state index contributed by atoms with van der Waals surface area (Å²) in [4.78, 5) is 21.4. The minimum absolute atomic E-state index is 0.747. The highest BCUT2D eigenvalue weighted by Gasteiger charge is 2.05. The van der Waals surface area contributed by atoms with Crippen molar-refractivity contribution < 1.29 is 0 Å². The number of hydrogen-bond acceptors (Lipinski definition) is 7. The van der Waals surface area contributed by atoms with E-state index >= 15 is 0 Å². The molecule has 4 aromatic heterocycles. The van der Waals surface area contributed by atoms with Gasteiger partial charge in [0.15, 0.2) is 0 Å². The largest absolute Gasteiger partial charge is 0.342 e. The van der Waals surface area contributed by atoms with E-state index in [0.717, 1.165) is 64.3 Å². The lowest BCUT2D eigenvalue weighted by Gasteiger charge is -2.08. The Morgan fingerprint density at radius 2 is 1.87 bits per heavy atom. The molecule has 3 N–H and O–H groups in total. The lowest BCUT2D eigenvalue weighted by atomic mass is 10.2. The predicted octanol–water partition coefficient (Wildman–Crippen LogP) is 4.55. The molecule has 0 aliphatic rings. The summed E-state index contributed by atoms with van der Waals surface area (Å²) in [6.07, 6.45) is 4.51. The first kappa shape index (κ1) is 19.3. The quantitative estimate of drug-likeness (QED) is 0.315. The van der Waals surface area contributed by atoms with Gasteiger partial charge in [-0.3, -0.25) is 0 Å². The molecule has 0 fully saturated rings. The number of benzene rings is 1. The first-order valence-corrected chi connectivity index (χ1v) is 10.9. The number of hydrogen-bond donors (Lipinski definition) is 3. The van der Waals surface area contributed by atoms with Crippen molar-refractivity contribution in [3.63, 3.8) is 0 Å². The minimum atomic E-state index is 0.747. The van der Waals surface area contributed by atoms with Crippen LogP contribution in [0.3, 0.4) is 0 Å². The van der Waals surface area contributed by atoms with Crippen molar-refractivity contribution in [3.8, 4) is 10.7 Å². The van der Waals surface area contributed by atoms with Gasteiger partial charge in [0.25, 0.3) is 0 Å². The predicted molar refractivity (Wildman–Crippen MR) is 124 cm³/mol. The Balaban J connectivity index is 1.13. The SMILES string of the molecule is c1cc(Nc2ccc(CNCCc3nc4ccccc4[nH]3)cn2)nc(-c2nccs2)c1. The molecule has 154 valence electrons. The highest BCUT2D eigenvalue weighted by Crippen LogP contribution is 2.22. The third-order valence-corrected chi connectivity index (χ3v) is 5.58. The maximum Gasteiger partial charge on any atom is 0.141 e. The van der Waals surface area contributed by atoms with Crippen LogP contribution in [0, 0.1) is 0 Å². The van der Waals surface area contributed by atoms with E-state index in [9.17, 15) is 0 Å². The molecule has 0 aliphatic heterocycles. The summed E-state index contributed by atoms with van der Waals surface area (Å²) in [6.45, 7) is 1.60. The molecule has 5 rings (SSSR count). The Morgan fingerprint density at radius 1 is 0.903 bits per heavy atom. The van der Waals surface area contributed by atoms with Crippen molar-refractivity contribution >= 4 is 34.0 Å². The fourth-order valence-corrected chi connectivity index (χ4v) is 3.88. The van der Waals surface area contributed by atoms with Crippen LogP contribution in [0.4, 0.5) is 11.6 Å². The fraction of sp³-hybridized carbons (Fsp3) is 0.130. The van der Waals surface area contributed by atoms with Crippen LogP contribution < -0.4 is 10.6 Å². The summed E-state index contributed by atoms with van der Waals surface area (Å²) in [7, 11) is 0. The van der Waals surface area contributed by atoms with Crippen LogP contribution in [0.15, 0.2) is 72.4 Å². The first-order valence-electron chi connectivity index (χ1n) is 10.1. The Kier molecular flexibility index (Phi) is 5.64. The van der Waals surface area contributed by atoms with Crippen LogP contribution in [0.1, 0.15) is 11.4 Å². The monoisotopic (exact) mass is 427 g/mol. The molecular formula is C23H21N7S. The van der Waals surface area contributed by atoms with E-state index in [-0.39, 0.29) is 0 Å². The number of para-hydroxylation sites is 2. The summed E-state index contributed by atoms with van der Waals surface area (Å²) in [5.74, 6) is 2.51. The summed E-state index contributed by atoms with van der Waals surface area (Å²) < 4.78 is 0. The second kappa shape index (κ2) is 9.03. The lowest BCUT2D eigenvalue weighted by Crippen LogP contribution is -2.17. The number of pyridine rings is 2. The maximum atomic E-state index is 4.61. The molecule has 0 atom stereocenters. The zero-order chi connectivity index (χ0) is 20.9. The molecule has 0 saturated carbocycles. The first-order chi connectivity index (χ1) is 15.3. The second-order valence-electron chi connectivity index (χ2n) is 7.05. The molecule has 0 aliphatic carbocycles. The van der Waals surface area contributed by atoms with Crippen LogP contribution in [-0.4, -0.2) is 31.5 Å². The summed E-state index contributed by atoms with van der Waals surface area (Å²) >= 11 is 1.57. The second-order valence-corrected chi connectivity index (χ2v) is 7.94. The molecule has 0 bridgehead atoms. The highest BCUT2D eigenvalue weighted by atomic mass is 32.1. The van der Waals surface area contributed by atoms with E-state index in [1.807, 2.05) is 60.1 Å². The summed E-state index contributed by atoms with van der Waals surface area (Å²) in [6, 6.07) is 18.0. The number of thiazole rings is 1. The molecule has 0 spiro atoms. The van der Waals surface area contributed by atoms with Crippen molar-refractivity contribution in [1.82, 2.24) is 30.2 Å². The third kappa shape index (κ3) is 4.76. The topological polar surface area (TPSA) is 91.4 Å². The van der Waals surface area contributed by atoms with Crippen LogP contribution in [0.25, 0.3) is 21.7 Å². The van der Waals surface area contributed by atoms with Crippen molar-refractivity contribution in [1.29, 1.82) is 0 Å². The zero-order valence-corrected chi connectivity index (χ0v) is 17.6. The molecule has 4 heterocycles. The van der Waals surface area contributed by atoms with Crippen molar-refractivity contribution in [2.45, 2.75) is 13.0 Å². The molecule has 8 heteroatoms. The van der Waals surface area contributed by atoms with Gasteiger partial charge in [0, 0.05) is 37.3 Å². The average molecular weight is 428 g/mol. The number of aromatic nitrogens is 5. The number of nitrogens with one attached hydrogen (secondary N) is 3. The van der Waals surface area contributed by atoms with Crippen LogP contribution >= 0.6 is 11.3 Å². The van der Waals surface area contributed by atoms with Crippen molar-refractivity contribution in [2.24, 2.45) is 0 Å². The van der Waals surface area contributed by atoms with Gasteiger partial charge in [-0.05, 0) is 35.9 Å². The number of H-pyrrole nitrogens is 1. The summed E-state index contributed by atoms with van der Waals surface area (Å²) in [5, 5.41) is 9.55. The minimum Gasteiger partial charge on any atom is -0.342 e. The normalized spacial score (nSPS) is 11.1. The Morgan fingerprint density at radius 3 is 2.71 bits per heavy atom. The van der Waals surface area contributed by atoms with Gasteiger partial charge in [0.2, 0.25) is 0 Å². The number of aromatic amines is 1. The molecule has 0 radical (unpaired) electrons. The van der Waals surface area contributed by atoms with Gasteiger partial charge in [-0.2, -0.15) is 0 Å². The van der Waals surface area contributed by atoms with Gasteiger partial charge >= 0.3 is 0 Å². The van der Waals surface area contributed by atoms with Crippen molar-refractivity contribution in [3.05, 3.63) is 83.8 Å². The Hall–Kier alpha value is -3.62. The van der Waals surface area contributed by atoms with E-state index < -0.39 is 0 Å². The Labute approximate surface area is 183 Å². The molecule has 0 amide bonds. The fourth-order valence-electron chi connectivity index (χ4n) is 3.27. The lowest BCUT2D eigenvalue weighted by molar-refractivity contribution is 0.673. The number of imidazole rings is 1. The molecule has 0 unspecified atom stereocenters. The molecule has 5 aromatic rings. The van der Waals surface area contributed by atoms with Gasteiger partial charge in [0.1, 0.15) is 28.2 Å². The van der Waals surface area contributed by atoms with Gasteiger partial charge < -0.3 is 15.6 Å². The molecule has 1 aromatic carbocycles. The average Bonchev–Trinajstić information content (AvgIpc) is 3.48. The molecule has 0 saturated heterocycles. The third-order valence-electron chi connectivity index (χ3n) is 4.79. The smallest absolute Gasteiger partial charge is 0.141 e. The van der Waals surface area contributed by atoms with Gasteiger partial charge in [-0.25, -0.2) is 19.9 Å². The Bertz CT molecular complexity index is 1230. The highest BCUT2D eigenvalue weighted by molar-refractivity contribution is 7.13. The number of anilines is 2. The number of fused-ring (bicyclic) bond motifs is 1. The van der Waals surface area contributed by atoms with Gasteiger partial charge in [-0.1, -0.05) is 24.3 Å². The number of rotatable bonds is 8. The van der Waals surface area contributed by atoms with Gasteiger partial charge in [-0.15, -0.1) is 11.3 Å². The van der Waals surface area contributed by atoms with E-state index in [0.29, 0.717) is 0 Å². The molecule has 31 heavy (non-hydrogen) atoms.